The summed E-state index contributed by atoms with van der Waals surface area (Å²) in [5.41, 5.74) is 0.724. The van der Waals surface area contributed by atoms with Crippen LogP contribution in [0.25, 0.3) is 6.08 Å². The van der Waals surface area contributed by atoms with Crippen molar-refractivity contribution in [3.63, 3.8) is 0 Å². The molecular weight excluding hydrogens is 529 g/mol. The molecule has 3 rings (SSSR count). The minimum Gasteiger partial charge on any atom is -0.478 e. The number of halogens is 2. The maximum Gasteiger partial charge on any atom is 0.337 e. The Hall–Kier alpha value is -4.94. The van der Waals surface area contributed by atoms with Crippen LogP contribution in [0.4, 0.5) is 15.9 Å². The molecule has 0 saturated heterocycles. The van der Waals surface area contributed by atoms with Crippen LogP contribution in [0, 0.1) is 5.82 Å². The van der Waals surface area contributed by atoms with Gasteiger partial charge in [-0.1, -0.05) is 41.9 Å². The highest BCUT2D eigenvalue weighted by Gasteiger charge is 2.22. The van der Waals surface area contributed by atoms with Crippen LogP contribution < -0.4 is 21.5 Å². The lowest BCUT2D eigenvalue weighted by atomic mass is 10.0. The monoisotopic (exact) mass is 551 g/mol. The van der Waals surface area contributed by atoms with Crippen molar-refractivity contribution in [1.29, 1.82) is 0 Å². The summed E-state index contributed by atoms with van der Waals surface area (Å²) in [5.74, 6) is 2.66. The summed E-state index contributed by atoms with van der Waals surface area (Å²) in [7, 11) is 0. The average molecular weight is 552 g/mol. The van der Waals surface area contributed by atoms with E-state index in [0.29, 0.717) is 0 Å². The Kier molecular flexibility index (Phi) is 9.95. The number of carbonyl (C=O) groups is 3. The number of nitrogens with one attached hydrogen (secondary N) is 2. The lowest BCUT2D eigenvalue weighted by Gasteiger charge is -2.18. The van der Waals surface area contributed by atoms with Crippen LogP contribution in [0.15, 0.2) is 77.1 Å². The number of aromatic carboxylic acids is 1. The number of hydrogen-bond donors (Lipinski definition) is 4. The van der Waals surface area contributed by atoms with Crippen LogP contribution in [0.2, 0.25) is 5.02 Å². The molecule has 0 saturated carbocycles. The molecule has 3 aromatic rings. The summed E-state index contributed by atoms with van der Waals surface area (Å²) in [5, 5.41) is 21.8. The van der Waals surface area contributed by atoms with Crippen molar-refractivity contribution in [2.24, 2.45) is 16.0 Å². The fourth-order valence-electron chi connectivity index (χ4n) is 3.34. The average Bonchev–Trinajstić information content (AvgIpc) is 2.93. The molecule has 0 aliphatic carbocycles. The van der Waals surface area contributed by atoms with Gasteiger partial charge in [-0.05, 0) is 35.9 Å². The highest BCUT2D eigenvalue weighted by molar-refractivity contribution is 6.31. The maximum atomic E-state index is 14.8. The van der Waals surface area contributed by atoms with Crippen molar-refractivity contribution in [3.8, 4) is 0 Å². The standard InChI is InChI=1S/C26H23ClFN7O4/c1-30-32-15-35(29)21-10-9-19(27)24(28)18(21)8-12-23(36)33-20(13-16-5-3-2-4-6-16)25(37)34-22-11-7-17(14-31-22)26(38)39/h2-12,14-15,20H,1,13,29H2,(H,33,36)(H,38,39)(H,31,34,37)/b12-8+,32-15-/t20-/m0/s1. The quantitative estimate of drug-likeness (QED) is 0.0934. The van der Waals surface area contributed by atoms with Gasteiger partial charge in [0.05, 0.1) is 16.3 Å². The van der Waals surface area contributed by atoms with E-state index in [1.807, 2.05) is 6.07 Å². The number of rotatable bonds is 11. The number of carboxylic acids is 1. The normalized spacial score (nSPS) is 11.8. The van der Waals surface area contributed by atoms with Gasteiger partial charge in [0.25, 0.3) is 0 Å². The number of nitrogens with two attached hydrogens (primary N) is 1. The minimum absolute atomic E-state index is 0.0528. The van der Waals surface area contributed by atoms with Crippen LogP contribution in [-0.2, 0) is 16.0 Å². The summed E-state index contributed by atoms with van der Waals surface area (Å²) in [4.78, 5) is 40.8. The fourth-order valence-corrected chi connectivity index (χ4v) is 3.50. The Labute approximate surface area is 227 Å². The molecule has 0 aliphatic heterocycles. The molecule has 13 heteroatoms. The van der Waals surface area contributed by atoms with Crippen molar-refractivity contribution in [2.45, 2.75) is 12.5 Å². The van der Waals surface area contributed by atoms with Crippen LogP contribution in [-0.4, -0.2) is 47.0 Å². The maximum absolute atomic E-state index is 14.8. The van der Waals surface area contributed by atoms with Crippen LogP contribution in [0.3, 0.4) is 0 Å². The molecule has 5 N–H and O–H groups in total. The number of anilines is 2. The molecule has 0 aliphatic rings. The first-order chi connectivity index (χ1) is 18.7. The van der Waals surface area contributed by atoms with E-state index >= 15 is 0 Å². The van der Waals surface area contributed by atoms with Crippen molar-refractivity contribution in [1.82, 2.24) is 10.3 Å². The Morgan fingerprint density at radius 2 is 1.92 bits per heavy atom. The molecule has 0 radical (unpaired) electrons. The van der Waals surface area contributed by atoms with Crippen molar-refractivity contribution >= 4 is 60.0 Å². The lowest BCUT2D eigenvalue weighted by Crippen LogP contribution is -2.44. The second-order valence-electron chi connectivity index (χ2n) is 7.88. The number of amides is 2. The molecule has 2 aromatic carbocycles. The van der Waals surface area contributed by atoms with E-state index in [0.717, 1.165) is 35.3 Å². The van der Waals surface area contributed by atoms with Gasteiger partial charge in [0.2, 0.25) is 11.8 Å². The number of pyridine rings is 1. The summed E-state index contributed by atoms with van der Waals surface area (Å²) in [6.07, 6.45) is 4.49. The molecule has 0 bridgehead atoms. The number of benzene rings is 2. The van der Waals surface area contributed by atoms with E-state index in [1.165, 1.54) is 24.3 Å². The number of hydrazine groups is 1. The third kappa shape index (κ3) is 8.02. The number of carbonyl (C=O) groups excluding carboxylic acids is 2. The molecule has 0 spiro atoms. The molecule has 39 heavy (non-hydrogen) atoms. The second kappa shape index (κ2) is 13.6. The SMILES string of the molecule is C=N/N=C\N(N)c1ccc(Cl)c(F)c1/C=C/C(=O)N[C@@H](Cc1ccccc1)C(=O)Nc1ccc(C(=O)O)cn1. The van der Waals surface area contributed by atoms with E-state index in [9.17, 15) is 18.8 Å². The minimum atomic E-state index is -1.16. The third-order valence-electron chi connectivity index (χ3n) is 5.22. The summed E-state index contributed by atoms with van der Waals surface area (Å²) in [6.45, 7) is 3.20. The lowest BCUT2D eigenvalue weighted by molar-refractivity contribution is -0.123. The van der Waals surface area contributed by atoms with E-state index in [4.69, 9.17) is 22.6 Å². The van der Waals surface area contributed by atoms with E-state index in [-0.39, 0.29) is 34.1 Å². The van der Waals surface area contributed by atoms with Crippen molar-refractivity contribution in [2.75, 3.05) is 10.3 Å². The van der Waals surface area contributed by atoms with Gasteiger partial charge >= 0.3 is 5.97 Å². The van der Waals surface area contributed by atoms with Gasteiger partial charge in [-0.15, -0.1) is 5.10 Å². The van der Waals surface area contributed by atoms with Crippen molar-refractivity contribution < 1.29 is 23.9 Å². The number of aromatic nitrogens is 1. The molecule has 11 nitrogen and oxygen atoms in total. The van der Waals surface area contributed by atoms with Crippen LogP contribution >= 0.6 is 11.6 Å². The zero-order chi connectivity index (χ0) is 28.4. The highest BCUT2D eigenvalue weighted by Crippen LogP contribution is 2.28. The Balaban J connectivity index is 1.83. The van der Waals surface area contributed by atoms with Gasteiger partial charge in [0.15, 0.2) is 5.82 Å². The van der Waals surface area contributed by atoms with Gasteiger partial charge in [-0.3, -0.25) is 14.6 Å². The number of nitrogens with zero attached hydrogens (tertiary/aromatic N) is 4. The molecule has 1 heterocycles. The number of hydrogen-bond acceptors (Lipinski definition) is 7. The smallest absolute Gasteiger partial charge is 0.337 e. The van der Waals surface area contributed by atoms with Crippen molar-refractivity contribution in [3.05, 3.63) is 94.4 Å². The largest absolute Gasteiger partial charge is 0.478 e. The van der Waals surface area contributed by atoms with Crippen LogP contribution in [0.1, 0.15) is 21.5 Å². The molecule has 1 atom stereocenters. The highest BCUT2D eigenvalue weighted by atomic mass is 35.5. The molecular formula is C26H23ClFN7O4. The molecule has 1 aromatic heterocycles. The zero-order valence-corrected chi connectivity index (χ0v) is 21.0. The van der Waals surface area contributed by atoms with Crippen LogP contribution in [0.5, 0.6) is 0 Å². The summed E-state index contributed by atoms with van der Waals surface area (Å²) in [6, 6.07) is 13.2. The van der Waals surface area contributed by atoms with E-state index in [1.54, 1.807) is 24.3 Å². The predicted molar refractivity (Wildman–Crippen MR) is 147 cm³/mol. The first-order valence-corrected chi connectivity index (χ1v) is 11.6. The summed E-state index contributed by atoms with van der Waals surface area (Å²) < 4.78 is 14.8. The van der Waals surface area contributed by atoms with Gasteiger partial charge < -0.3 is 15.7 Å². The predicted octanol–water partition coefficient (Wildman–Crippen LogP) is 3.28. The first-order valence-electron chi connectivity index (χ1n) is 11.2. The fraction of sp³-hybridized carbons (Fsp3) is 0.0769. The molecule has 2 amide bonds. The second-order valence-corrected chi connectivity index (χ2v) is 8.29. The molecule has 0 unspecified atom stereocenters. The Bertz CT molecular complexity index is 1420. The topological polar surface area (TPSA) is 162 Å². The third-order valence-corrected chi connectivity index (χ3v) is 5.52. The Morgan fingerprint density at radius 1 is 1.18 bits per heavy atom. The van der Waals surface area contributed by atoms with Gasteiger partial charge in [0, 0.05) is 31.0 Å². The van der Waals surface area contributed by atoms with Gasteiger partial charge in [0.1, 0.15) is 18.2 Å². The van der Waals surface area contributed by atoms with E-state index in [2.05, 4.69) is 32.5 Å². The zero-order valence-electron chi connectivity index (χ0n) is 20.3. The first kappa shape index (κ1) is 28.6. The van der Waals surface area contributed by atoms with E-state index < -0.39 is 29.6 Å². The van der Waals surface area contributed by atoms with Gasteiger partial charge in [-0.2, -0.15) is 5.10 Å². The van der Waals surface area contributed by atoms with Gasteiger partial charge in [-0.25, -0.2) is 20.0 Å². The molecule has 200 valence electrons. The molecule has 0 fully saturated rings. The Morgan fingerprint density at radius 3 is 2.56 bits per heavy atom. The summed E-state index contributed by atoms with van der Waals surface area (Å²) >= 11 is 5.91. The number of carboxylic acid groups (broad SMARTS) is 1.